The van der Waals surface area contributed by atoms with Gasteiger partial charge in [-0.2, -0.15) is 0 Å². The van der Waals surface area contributed by atoms with Crippen LogP contribution in [0.25, 0.3) is 0 Å². The van der Waals surface area contributed by atoms with Crippen LogP contribution in [0.15, 0.2) is 42.0 Å². The third-order valence-electron chi connectivity index (χ3n) is 10.6. The highest BCUT2D eigenvalue weighted by Gasteiger charge is 2.60. The van der Waals surface area contributed by atoms with Gasteiger partial charge in [0, 0.05) is 30.3 Å². The molecule has 0 aromatic heterocycles. The van der Waals surface area contributed by atoms with Gasteiger partial charge in [-0.25, -0.2) is 4.79 Å². The van der Waals surface area contributed by atoms with Crippen molar-refractivity contribution >= 4 is 28.6 Å². The lowest BCUT2D eigenvalue weighted by atomic mass is 9.68. The molecular formula is C33H54O6Si2. The molecule has 8 heteroatoms. The van der Waals surface area contributed by atoms with Crippen molar-refractivity contribution in [2.75, 3.05) is 13.7 Å². The Morgan fingerprint density at radius 3 is 2.05 bits per heavy atom. The summed E-state index contributed by atoms with van der Waals surface area (Å²) in [6.07, 6.45) is 1.68. The van der Waals surface area contributed by atoms with E-state index in [1.165, 1.54) is 7.11 Å². The number of hydrogen-bond donors (Lipinski definition) is 0. The largest absolute Gasteiger partial charge is 0.469 e. The lowest BCUT2D eigenvalue weighted by molar-refractivity contribution is -0.153. The van der Waals surface area contributed by atoms with Gasteiger partial charge >= 0.3 is 11.9 Å². The summed E-state index contributed by atoms with van der Waals surface area (Å²) in [4.78, 5) is 27.1. The molecule has 230 valence electrons. The smallest absolute Gasteiger partial charge is 0.338 e. The van der Waals surface area contributed by atoms with E-state index in [0.29, 0.717) is 12.2 Å². The normalized spacial score (nSPS) is 28.6. The third kappa shape index (κ3) is 6.92. The van der Waals surface area contributed by atoms with Crippen molar-refractivity contribution < 1.29 is 27.9 Å². The molecular weight excluding hydrogens is 549 g/mol. The number of methoxy groups -OCH3 is 1. The molecule has 0 aliphatic heterocycles. The Balaban J connectivity index is 2.09. The molecule has 1 saturated carbocycles. The van der Waals surface area contributed by atoms with E-state index in [2.05, 4.69) is 74.6 Å². The van der Waals surface area contributed by atoms with Crippen LogP contribution in [0.1, 0.15) is 65.7 Å². The minimum absolute atomic E-state index is 0.0472. The number of carbonyl (C=O) groups is 2. The van der Waals surface area contributed by atoms with Crippen LogP contribution in [0.3, 0.4) is 0 Å². The van der Waals surface area contributed by atoms with Gasteiger partial charge in [0.15, 0.2) is 16.6 Å². The highest BCUT2D eigenvalue weighted by atomic mass is 28.4. The fourth-order valence-corrected chi connectivity index (χ4v) is 10.6. The molecule has 6 nitrogen and oxygen atoms in total. The Kier molecular flexibility index (Phi) is 10.9. The van der Waals surface area contributed by atoms with Crippen molar-refractivity contribution in [1.82, 2.24) is 0 Å². The Morgan fingerprint density at radius 1 is 0.951 bits per heavy atom. The second-order valence-electron chi connectivity index (χ2n) is 13.7. The summed E-state index contributed by atoms with van der Waals surface area (Å²) in [7, 11) is -2.61. The van der Waals surface area contributed by atoms with Crippen molar-refractivity contribution in [2.45, 2.75) is 104 Å². The molecule has 0 N–H and O–H groups in total. The van der Waals surface area contributed by atoms with Crippen molar-refractivity contribution in [3.63, 3.8) is 0 Å². The summed E-state index contributed by atoms with van der Waals surface area (Å²) in [6, 6.07) is 12.2. The van der Waals surface area contributed by atoms with Crippen LogP contribution in [0.2, 0.25) is 36.3 Å². The quantitative estimate of drug-likeness (QED) is 0.146. The van der Waals surface area contributed by atoms with Gasteiger partial charge in [-0.15, -0.1) is 0 Å². The fourth-order valence-electron chi connectivity index (χ4n) is 6.59. The predicted molar refractivity (Wildman–Crippen MR) is 170 cm³/mol. The molecule has 0 unspecified atom stereocenters. The van der Waals surface area contributed by atoms with Crippen LogP contribution >= 0.6 is 0 Å². The molecule has 41 heavy (non-hydrogen) atoms. The van der Waals surface area contributed by atoms with Crippen molar-refractivity contribution in [2.24, 2.45) is 29.6 Å². The van der Waals surface area contributed by atoms with Gasteiger partial charge in [-0.05, 0) is 55.3 Å². The Bertz CT molecular complexity index is 1070. The predicted octanol–water partition coefficient (Wildman–Crippen LogP) is 7.87. The van der Waals surface area contributed by atoms with Gasteiger partial charge in [0.1, 0.15) is 6.10 Å². The zero-order chi connectivity index (χ0) is 30.8. The van der Waals surface area contributed by atoms with Crippen LogP contribution in [0.4, 0.5) is 0 Å². The maximum Gasteiger partial charge on any atom is 0.338 e. The van der Waals surface area contributed by atoms with E-state index < -0.39 is 28.7 Å². The number of benzene rings is 1. The molecule has 1 aromatic carbocycles. The molecule has 7 atom stereocenters. The van der Waals surface area contributed by atoms with Crippen molar-refractivity contribution in [3.8, 4) is 0 Å². The van der Waals surface area contributed by atoms with E-state index in [1.54, 1.807) is 12.1 Å². The van der Waals surface area contributed by atoms with Crippen LogP contribution in [0.5, 0.6) is 0 Å². The first kappa shape index (κ1) is 33.8. The summed E-state index contributed by atoms with van der Waals surface area (Å²) >= 11 is 0. The topological polar surface area (TPSA) is 71.1 Å². The molecule has 0 spiro atoms. The SMILES string of the molecule is CC[Si](CC)(CC)O[C@@H]1[C@H](C)[C@H](OC(=O)c2ccccc2)[C@H]2[C@H]1C=C(C)[C@H](CO[Si](C)(C)C(C)(C)C)[C@@H]2C(=O)OC. The van der Waals surface area contributed by atoms with Crippen molar-refractivity contribution in [3.05, 3.63) is 47.5 Å². The van der Waals surface area contributed by atoms with E-state index in [9.17, 15) is 9.59 Å². The minimum atomic E-state index is -2.07. The minimum Gasteiger partial charge on any atom is -0.469 e. The maximum absolute atomic E-state index is 13.7. The first-order valence-corrected chi connectivity index (χ1v) is 20.9. The second-order valence-corrected chi connectivity index (χ2v) is 23.2. The van der Waals surface area contributed by atoms with Gasteiger partial charge in [-0.1, -0.05) is 78.3 Å². The van der Waals surface area contributed by atoms with E-state index >= 15 is 0 Å². The molecule has 1 fully saturated rings. The molecule has 0 amide bonds. The molecule has 2 aliphatic rings. The summed E-state index contributed by atoms with van der Waals surface area (Å²) in [6.45, 7) is 22.5. The zero-order valence-electron chi connectivity index (χ0n) is 27.3. The van der Waals surface area contributed by atoms with Gasteiger partial charge in [-0.3, -0.25) is 4.79 Å². The molecule has 2 aliphatic carbocycles. The summed E-state index contributed by atoms with van der Waals surface area (Å²) in [5, 5.41) is 0.0472. The monoisotopic (exact) mass is 602 g/mol. The Hall–Kier alpha value is -1.75. The lowest BCUT2D eigenvalue weighted by Gasteiger charge is -2.43. The lowest BCUT2D eigenvalue weighted by Crippen LogP contribution is -2.48. The molecule has 0 heterocycles. The van der Waals surface area contributed by atoms with Crippen molar-refractivity contribution in [1.29, 1.82) is 0 Å². The standard InChI is InChI=1S/C33H54O6Si2/c1-12-41(13-2,14-3)39-29-23(5)30(38-31(34)24-18-16-15-17-19-24)27-25(29)20-22(4)26(28(27)32(35)36-9)21-37-40(10,11)33(6,7)8/h15-20,23,25-30H,12-14,21H2,1-11H3/t23-,25+,26-,27-,28-,29+,30-/m0/s1. The van der Waals surface area contributed by atoms with Gasteiger partial charge in [0.2, 0.25) is 0 Å². The molecule has 0 radical (unpaired) electrons. The zero-order valence-corrected chi connectivity index (χ0v) is 29.3. The Labute approximate surface area is 250 Å². The maximum atomic E-state index is 13.7. The van der Waals surface area contributed by atoms with Crippen LogP contribution < -0.4 is 0 Å². The van der Waals surface area contributed by atoms with E-state index in [0.717, 1.165) is 23.7 Å². The number of fused-ring (bicyclic) bond motifs is 1. The number of hydrogen-bond acceptors (Lipinski definition) is 6. The molecule has 0 saturated heterocycles. The number of rotatable bonds is 11. The molecule has 3 rings (SSSR count). The van der Waals surface area contributed by atoms with Crippen LogP contribution in [0, 0.1) is 29.6 Å². The van der Waals surface area contributed by atoms with Gasteiger partial charge in [0.25, 0.3) is 0 Å². The molecule has 1 aromatic rings. The summed E-state index contributed by atoms with van der Waals surface area (Å²) in [5.41, 5.74) is 1.64. The summed E-state index contributed by atoms with van der Waals surface area (Å²) in [5.74, 6) is -1.68. The Morgan fingerprint density at radius 2 is 1.54 bits per heavy atom. The molecule has 0 bridgehead atoms. The van der Waals surface area contributed by atoms with Gasteiger partial charge < -0.3 is 18.3 Å². The summed E-state index contributed by atoms with van der Waals surface area (Å²) < 4.78 is 25.7. The van der Waals surface area contributed by atoms with Crippen LogP contribution in [-0.4, -0.2) is 54.5 Å². The van der Waals surface area contributed by atoms with Gasteiger partial charge in [0.05, 0.1) is 24.7 Å². The van der Waals surface area contributed by atoms with Crippen LogP contribution in [-0.2, 0) is 23.1 Å². The fraction of sp³-hybridized carbons (Fsp3) is 0.697. The second kappa shape index (κ2) is 13.3. The number of ether oxygens (including phenoxy) is 2. The number of esters is 2. The van der Waals surface area contributed by atoms with E-state index in [1.807, 2.05) is 18.2 Å². The first-order valence-electron chi connectivity index (χ1n) is 15.5. The average Bonchev–Trinajstić information content (AvgIpc) is 3.18. The number of carbonyl (C=O) groups excluding carboxylic acids is 2. The average molecular weight is 603 g/mol. The third-order valence-corrected chi connectivity index (χ3v) is 19.7. The highest BCUT2D eigenvalue weighted by molar-refractivity contribution is 6.74. The van der Waals surface area contributed by atoms with E-state index in [4.69, 9.17) is 18.3 Å². The highest BCUT2D eigenvalue weighted by Crippen LogP contribution is 2.53. The first-order chi connectivity index (χ1) is 19.2. The van der Waals surface area contributed by atoms with E-state index in [-0.39, 0.29) is 46.8 Å².